The average molecular weight is 349 g/mol. The van der Waals surface area contributed by atoms with Gasteiger partial charge in [0.2, 0.25) is 0 Å². The summed E-state index contributed by atoms with van der Waals surface area (Å²) in [6.45, 7) is 6.03. The van der Waals surface area contributed by atoms with Crippen molar-refractivity contribution >= 4 is 28.9 Å². The molecular formula is C20H23N5O. The minimum atomic E-state index is 0.546. The molecule has 2 N–H and O–H groups in total. The van der Waals surface area contributed by atoms with Crippen molar-refractivity contribution in [1.29, 1.82) is 0 Å². The number of anilines is 1. The molecule has 0 fully saturated rings. The first kappa shape index (κ1) is 18.0. The SMILES string of the molecule is CCNOCCNc1nc(/C=C/c2ccccn2)nc2ccc(C)cc12. The molecule has 0 saturated heterocycles. The Hall–Kier alpha value is -2.83. The molecule has 6 nitrogen and oxygen atoms in total. The minimum absolute atomic E-state index is 0.546. The lowest BCUT2D eigenvalue weighted by atomic mass is 10.1. The number of nitrogens with one attached hydrogen (secondary N) is 2. The van der Waals surface area contributed by atoms with Crippen molar-refractivity contribution in [1.82, 2.24) is 20.4 Å². The molecule has 0 atom stereocenters. The van der Waals surface area contributed by atoms with Crippen molar-refractivity contribution in [3.8, 4) is 0 Å². The van der Waals surface area contributed by atoms with Crippen LogP contribution in [0.1, 0.15) is 24.0 Å². The summed E-state index contributed by atoms with van der Waals surface area (Å²) in [5.74, 6) is 1.45. The van der Waals surface area contributed by atoms with Crippen LogP contribution in [-0.2, 0) is 4.84 Å². The molecule has 0 aliphatic rings. The first-order valence-electron chi connectivity index (χ1n) is 8.72. The number of benzene rings is 1. The maximum absolute atomic E-state index is 5.30. The van der Waals surface area contributed by atoms with Gasteiger partial charge in [0.15, 0.2) is 5.82 Å². The molecular weight excluding hydrogens is 326 g/mol. The highest BCUT2D eigenvalue weighted by Crippen LogP contribution is 2.22. The summed E-state index contributed by atoms with van der Waals surface area (Å²) in [5.41, 5.74) is 5.78. The monoisotopic (exact) mass is 349 g/mol. The van der Waals surface area contributed by atoms with Crippen LogP contribution in [0.4, 0.5) is 5.82 Å². The number of hydroxylamine groups is 1. The second kappa shape index (κ2) is 9.03. The van der Waals surface area contributed by atoms with E-state index in [0.717, 1.165) is 29.0 Å². The fourth-order valence-electron chi connectivity index (χ4n) is 2.50. The van der Waals surface area contributed by atoms with Crippen LogP contribution in [0.3, 0.4) is 0 Å². The van der Waals surface area contributed by atoms with Gasteiger partial charge < -0.3 is 5.32 Å². The summed E-state index contributed by atoms with van der Waals surface area (Å²) in [6.07, 6.45) is 5.55. The molecule has 0 aliphatic carbocycles. The lowest BCUT2D eigenvalue weighted by molar-refractivity contribution is 0.0521. The van der Waals surface area contributed by atoms with Gasteiger partial charge >= 0.3 is 0 Å². The van der Waals surface area contributed by atoms with Gasteiger partial charge in [-0.2, -0.15) is 0 Å². The summed E-state index contributed by atoms with van der Waals surface area (Å²) in [5, 5.41) is 4.35. The van der Waals surface area contributed by atoms with Crippen LogP contribution in [0, 0.1) is 6.92 Å². The minimum Gasteiger partial charge on any atom is -0.367 e. The molecule has 26 heavy (non-hydrogen) atoms. The zero-order valence-electron chi connectivity index (χ0n) is 15.1. The molecule has 2 heterocycles. The lowest BCUT2D eigenvalue weighted by Gasteiger charge is -2.10. The standard InChI is InChI=1S/C20H23N5O/c1-3-23-26-13-12-22-20-17-14-15(2)7-9-18(17)24-19(25-20)10-8-16-6-4-5-11-21-16/h4-11,14,23H,3,12-13H2,1-2H3,(H,22,24,25)/b10-8+. The summed E-state index contributed by atoms with van der Waals surface area (Å²) in [7, 11) is 0. The van der Waals surface area contributed by atoms with Crippen LogP contribution < -0.4 is 10.8 Å². The van der Waals surface area contributed by atoms with Gasteiger partial charge in [-0.25, -0.2) is 15.4 Å². The third-order valence-electron chi connectivity index (χ3n) is 3.70. The number of aryl methyl sites for hydroxylation is 1. The molecule has 0 radical (unpaired) electrons. The van der Waals surface area contributed by atoms with E-state index in [0.29, 0.717) is 19.0 Å². The molecule has 0 aliphatic heterocycles. The number of hydrogen-bond donors (Lipinski definition) is 2. The van der Waals surface area contributed by atoms with Crippen LogP contribution in [0.5, 0.6) is 0 Å². The van der Waals surface area contributed by atoms with Gasteiger partial charge in [-0.15, -0.1) is 0 Å². The average Bonchev–Trinajstić information content (AvgIpc) is 2.67. The van der Waals surface area contributed by atoms with Crippen LogP contribution >= 0.6 is 0 Å². The fraction of sp³-hybridized carbons (Fsp3) is 0.250. The van der Waals surface area contributed by atoms with Crippen LogP contribution in [0.25, 0.3) is 23.1 Å². The zero-order chi connectivity index (χ0) is 18.2. The van der Waals surface area contributed by atoms with Gasteiger partial charge in [-0.3, -0.25) is 9.82 Å². The van der Waals surface area contributed by atoms with Gasteiger partial charge in [0.25, 0.3) is 0 Å². The molecule has 6 heteroatoms. The summed E-state index contributed by atoms with van der Waals surface area (Å²) in [4.78, 5) is 18.9. The molecule has 2 aromatic heterocycles. The molecule has 0 unspecified atom stereocenters. The van der Waals surface area contributed by atoms with Gasteiger partial charge in [0, 0.05) is 24.7 Å². The van der Waals surface area contributed by atoms with Gasteiger partial charge in [0.1, 0.15) is 5.82 Å². The predicted molar refractivity (Wildman–Crippen MR) is 106 cm³/mol. The molecule has 1 aromatic carbocycles. The van der Waals surface area contributed by atoms with E-state index in [9.17, 15) is 0 Å². The van der Waals surface area contributed by atoms with Crippen molar-refractivity contribution in [3.05, 3.63) is 59.7 Å². The maximum Gasteiger partial charge on any atom is 0.155 e. The second-order valence-corrected chi connectivity index (χ2v) is 5.81. The zero-order valence-corrected chi connectivity index (χ0v) is 15.1. The lowest BCUT2D eigenvalue weighted by Crippen LogP contribution is -2.19. The van der Waals surface area contributed by atoms with Crippen LogP contribution in [0.2, 0.25) is 0 Å². The highest BCUT2D eigenvalue weighted by Gasteiger charge is 2.07. The number of fused-ring (bicyclic) bond motifs is 1. The van der Waals surface area contributed by atoms with E-state index in [2.05, 4.69) is 44.8 Å². The predicted octanol–water partition coefficient (Wildman–Crippen LogP) is 3.46. The van der Waals surface area contributed by atoms with Crippen molar-refractivity contribution < 1.29 is 4.84 Å². The van der Waals surface area contributed by atoms with Crippen molar-refractivity contribution in [3.63, 3.8) is 0 Å². The Morgan fingerprint density at radius 2 is 2.04 bits per heavy atom. The van der Waals surface area contributed by atoms with Gasteiger partial charge in [-0.05, 0) is 43.3 Å². The Bertz CT molecular complexity index is 880. The normalized spacial score (nSPS) is 11.3. The van der Waals surface area contributed by atoms with E-state index in [-0.39, 0.29) is 0 Å². The molecule has 134 valence electrons. The first-order valence-corrected chi connectivity index (χ1v) is 8.72. The summed E-state index contributed by atoms with van der Waals surface area (Å²) < 4.78 is 0. The Kier molecular flexibility index (Phi) is 6.24. The van der Waals surface area contributed by atoms with E-state index in [1.807, 2.05) is 43.3 Å². The van der Waals surface area contributed by atoms with Crippen molar-refractivity contribution in [2.45, 2.75) is 13.8 Å². The number of rotatable bonds is 8. The van der Waals surface area contributed by atoms with E-state index < -0.39 is 0 Å². The molecule has 3 aromatic rings. The number of aromatic nitrogens is 3. The highest BCUT2D eigenvalue weighted by molar-refractivity contribution is 5.90. The van der Waals surface area contributed by atoms with Gasteiger partial charge in [0.05, 0.1) is 17.8 Å². The Morgan fingerprint density at radius 1 is 1.12 bits per heavy atom. The van der Waals surface area contributed by atoms with E-state index in [1.165, 1.54) is 5.56 Å². The fourth-order valence-corrected chi connectivity index (χ4v) is 2.50. The largest absolute Gasteiger partial charge is 0.367 e. The Morgan fingerprint density at radius 3 is 2.85 bits per heavy atom. The molecule has 3 rings (SSSR count). The van der Waals surface area contributed by atoms with E-state index >= 15 is 0 Å². The summed E-state index contributed by atoms with van der Waals surface area (Å²) in [6, 6.07) is 12.0. The maximum atomic E-state index is 5.30. The number of nitrogens with zero attached hydrogens (tertiary/aromatic N) is 3. The van der Waals surface area contributed by atoms with Crippen molar-refractivity contribution in [2.24, 2.45) is 0 Å². The Balaban J connectivity index is 1.85. The van der Waals surface area contributed by atoms with E-state index in [4.69, 9.17) is 4.84 Å². The smallest absolute Gasteiger partial charge is 0.155 e. The molecule has 0 saturated carbocycles. The molecule has 0 spiro atoms. The van der Waals surface area contributed by atoms with E-state index in [1.54, 1.807) is 6.20 Å². The van der Waals surface area contributed by atoms with Crippen LogP contribution in [0.15, 0.2) is 42.6 Å². The number of hydrogen-bond acceptors (Lipinski definition) is 6. The quantitative estimate of drug-likeness (QED) is 0.479. The van der Waals surface area contributed by atoms with Crippen molar-refractivity contribution in [2.75, 3.05) is 25.0 Å². The van der Waals surface area contributed by atoms with Gasteiger partial charge in [-0.1, -0.05) is 24.6 Å². The third-order valence-corrected chi connectivity index (χ3v) is 3.70. The second-order valence-electron chi connectivity index (χ2n) is 5.81. The number of pyridine rings is 1. The summed E-state index contributed by atoms with van der Waals surface area (Å²) >= 11 is 0. The third kappa shape index (κ3) is 4.84. The topological polar surface area (TPSA) is 72.0 Å². The highest BCUT2D eigenvalue weighted by atomic mass is 16.6. The first-order chi connectivity index (χ1) is 12.8. The van der Waals surface area contributed by atoms with Crippen LogP contribution in [-0.4, -0.2) is 34.6 Å². The Labute approximate surface area is 153 Å². The molecule has 0 bridgehead atoms. The molecule has 0 amide bonds.